The molecule has 0 bridgehead atoms. The SMILES string of the molecule is Fc1ccc(C2(CNC(=S)Nc3ncc(Br)nc3Br)CCCC2)cc1. The molecule has 25 heavy (non-hydrogen) atoms. The zero-order valence-corrected chi connectivity index (χ0v) is 17.3. The molecule has 4 nitrogen and oxygen atoms in total. The first-order valence-electron chi connectivity index (χ1n) is 7.97. The van der Waals surface area contributed by atoms with Crippen molar-refractivity contribution in [3.63, 3.8) is 0 Å². The first-order chi connectivity index (χ1) is 12.0. The lowest BCUT2D eigenvalue weighted by Crippen LogP contribution is -2.41. The summed E-state index contributed by atoms with van der Waals surface area (Å²) >= 11 is 12.0. The average molecular weight is 488 g/mol. The van der Waals surface area contributed by atoms with Gasteiger partial charge in [0, 0.05) is 12.0 Å². The lowest BCUT2D eigenvalue weighted by atomic mass is 9.79. The summed E-state index contributed by atoms with van der Waals surface area (Å²) in [6.45, 7) is 0.700. The molecule has 1 heterocycles. The lowest BCUT2D eigenvalue weighted by molar-refractivity contribution is 0.434. The van der Waals surface area contributed by atoms with Gasteiger partial charge < -0.3 is 10.6 Å². The summed E-state index contributed by atoms with van der Waals surface area (Å²) in [5.74, 6) is 0.351. The quantitative estimate of drug-likeness (QED) is 0.598. The molecule has 0 amide bonds. The number of aromatic nitrogens is 2. The van der Waals surface area contributed by atoms with Crippen LogP contribution in [0.4, 0.5) is 10.2 Å². The molecule has 132 valence electrons. The van der Waals surface area contributed by atoms with E-state index in [0.29, 0.717) is 26.7 Å². The van der Waals surface area contributed by atoms with Gasteiger partial charge in [0.25, 0.3) is 0 Å². The van der Waals surface area contributed by atoms with Crippen molar-refractivity contribution in [2.75, 3.05) is 11.9 Å². The van der Waals surface area contributed by atoms with Crippen LogP contribution in [0.3, 0.4) is 0 Å². The zero-order valence-electron chi connectivity index (χ0n) is 13.4. The molecule has 2 N–H and O–H groups in total. The van der Waals surface area contributed by atoms with Gasteiger partial charge in [-0.15, -0.1) is 0 Å². The summed E-state index contributed by atoms with van der Waals surface area (Å²) in [5, 5.41) is 6.84. The summed E-state index contributed by atoms with van der Waals surface area (Å²) < 4.78 is 14.5. The monoisotopic (exact) mass is 486 g/mol. The highest BCUT2D eigenvalue weighted by Crippen LogP contribution is 2.40. The number of nitrogens with one attached hydrogen (secondary N) is 2. The van der Waals surface area contributed by atoms with E-state index >= 15 is 0 Å². The van der Waals surface area contributed by atoms with Crippen molar-refractivity contribution in [1.29, 1.82) is 0 Å². The van der Waals surface area contributed by atoms with Crippen LogP contribution in [0.5, 0.6) is 0 Å². The average Bonchev–Trinajstić information content (AvgIpc) is 3.06. The molecule has 8 heteroatoms. The molecule has 2 aromatic rings. The predicted molar refractivity (Wildman–Crippen MR) is 108 cm³/mol. The van der Waals surface area contributed by atoms with E-state index in [1.165, 1.54) is 25.0 Å². The number of hydrogen-bond acceptors (Lipinski definition) is 3. The van der Waals surface area contributed by atoms with E-state index in [1.54, 1.807) is 6.20 Å². The van der Waals surface area contributed by atoms with E-state index in [4.69, 9.17) is 12.2 Å². The van der Waals surface area contributed by atoms with E-state index in [1.807, 2.05) is 12.1 Å². The van der Waals surface area contributed by atoms with Crippen molar-refractivity contribution in [2.45, 2.75) is 31.1 Å². The van der Waals surface area contributed by atoms with Gasteiger partial charge in [-0.1, -0.05) is 25.0 Å². The largest absolute Gasteiger partial charge is 0.362 e. The minimum Gasteiger partial charge on any atom is -0.362 e. The Bertz CT molecular complexity index is 764. The van der Waals surface area contributed by atoms with Crippen LogP contribution < -0.4 is 10.6 Å². The van der Waals surface area contributed by atoms with Crippen molar-refractivity contribution in [3.8, 4) is 0 Å². The van der Waals surface area contributed by atoms with Crippen LogP contribution in [0, 0.1) is 5.82 Å². The van der Waals surface area contributed by atoms with Gasteiger partial charge in [-0.3, -0.25) is 0 Å². The van der Waals surface area contributed by atoms with E-state index in [9.17, 15) is 4.39 Å². The third kappa shape index (κ3) is 4.54. The Morgan fingerprint density at radius 2 is 1.88 bits per heavy atom. The number of hydrogen-bond donors (Lipinski definition) is 2. The summed E-state index contributed by atoms with van der Waals surface area (Å²) in [6, 6.07) is 6.83. The second-order valence-corrected chi connectivity index (χ2v) is 8.11. The van der Waals surface area contributed by atoms with Crippen molar-refractivity contribution in [1.82, 2.24) is 15.3 Å². The molecule has 0 radical (unpaired) electrons. The summed E-state index contributed by atoms with van der Waals surface area (Å²) in [4.78, 5) is 8.47. The Morgan fingerprint density at radius 3 is 2.52 bits per heavy atom. The number of nitrogens with zero attached hydrogens (tertiary/aromatic N) is 2. The van der Waals surface area contributed by atoms with Crippen molar-refractivity contribution >= 4 is 55.0 Å². The van der Waals surface area contributed by atoms with Crippen molar-refractivity contribution < 1.29 is 4.39 Å². The van der Waals surface area contributed by atoms with Gasteiger partial charge in [-0.05, 0) is 74.6 Å². The van der Waals surface area contributed by atoms with Crippen LogP contribution in [-0.2, 0) is 5.41 Å². The highest BCUT2D eigenvalue weighted by molar-refractivity contribution is 9.11. The van der Waals surface area contributed by atoms with Crippen LogP contribution in [0.25, 0.3) is 0 Å². The van der Waals surface area contributed by atoms with Crippen molar-refractivity contribution in [2.24, 2.45) is 0 Å². The number of benzene rings is 1. The topological polar surface area (TPSA) is 49.8 Å². The van der Waals surface area contributed by atoms with Crippen molar-refractivity contribution in [3.05, 3.63) is 51.0 Å². The first kappa shape index (κ1) is 18.7. The highest BCUT2D eigenvalue weighted by Gasteiger charge is 2.35. The minimum absolute atomic E-state index is 0.0118. The molecule has 0 unspecified atom stereocenters. The maximum Gasteiger partial charge on any atom is 0.172 e. The summed E-state index contributed by atoms with van der Waals surface area (Å²) in [6.07, 6.45) is 6.07. The third-order valence-corrected chi connectivity index (χ3v) is 5.72. The molecule has 3 rings (SSSR count). The number of anilines is 1. The van der Waals surface area contributed by atoms with E-state index in [0.717, 1.165) is 18.4 Å². The van der Waals surface area contributed by atoms with Gasteiger partial charge in [-0.2, -0.15) is 0 Å². The molecule has 1 aliphatic rings. The van der Waals surface area contributed by atoms with Crippen LogP contribution in [-0.4, -0.2) is 21.6 Å². The second-order valence-electron chi connectivity index (χ2n) is 6.13. The molecule has 0 spiro atoms. The van der Waals surface area contributed by atoms with Gasteiger partial charge >= 0.3 is 0 Å². The van der Waals surface area contributed by atoms with Gasteiger partial charge in [0.05, 0.1) is 6.20 Å². The Hall–Kier alpha value is -1.12. The van der Waals surface area contributed by atoms with Crippen LogP contribution in [0.1, 0.15) is 31.2 Å². The molecule has 0 aliphatic heterocycles. The van der Waals surface area contributed by atoms with E-state index in [2.05, 4.69) is 52.5 Å². The standard InChI is InChI=1S/C17H17Br2FN4S/c18-13-9-21-15(14(19)23-13)24-16(25)22-10-17(7-1-2-8-17)11-3-5-12(20)6-4-11/h3-6,9H,1-2,7-8,10H2,(H2,21,22,24,25). The Labute approximate surface area is 168 Å². The Balaban J connectivity index is 1.67. The fourth-order valence-corrected chi connectivity index (χ4v) is 4.33. The van der Waals surface area contributed by atoms with Gasteiger partial charge in [0.15, 0.2) is 10.9 Å². The fourth-order valence-electron chi connectivity index (χ4n) is 3.25. The highest BCUT2D eigenvalue weighted by atomic mass is 79.9. The van der Waals surface area contributed by atoms with Gasteiger partial charge in [0.2, 0.25) is 0 Å². The van der Waals surface area contributed by atoms with Crippen LogP contribution in [0.15, 0.2) is 39.7 Å². The first-order valence-corrected chi connectivity index (χ1v) is 9.97. The molecular weight excluding hydrogens is 471 g/mol. The molecule has 1 aromatic heterocycles. The normalized spacial score (nSPS) is 15.8. The molecule has 1 aromatic carbocycles. The minimum atomic E-state index is -0.208. The molecule has 1 aliphatic carbocycles. The lowest BCUT2D eigenvalue weighted by Gasteiger charge is -2.30. The molecular formula is C17H17Br2FN4S. The fraction of sp³-hybridized carbons (Fsp3) is 0.353. The van der Waals surface area contributed by atoms with E-state index in [-0.39, 0.29) is 11.2 Å². The second kappa shape index (κ2) is 8.05. The van der Waals surface area contributed by atoms with Crippen LogP contribution in [0.2, 0.25) is 0 Å². The number of thiocarbonyl (C=S) groups is 1. The van der Waals surface area contributed by atoms with Gasteiger partial charge in [-0.25, -0.2) is 14.4 Å². The maximum atomic E-state index is 13.3. The number of rotatable bonds is 4. The Kier molecular flexibility index (Phi) is 6.01. The number of halogens is 3. The summed E-state index contributed by atoms with van der Waals surface area (Å²) in [5.41, 5.74) is 1.15. The van der Waals surface area contributed by atoms with E-state index < -0.39 is 0 Å². The molecule has 0 saturated heterocycles. The predicted octanol–water partition coefficient (Wildman–Crippen LogP) is 4.94. The molecule has 1 saturated carbocycles. The molecule has 1 fully saturated rings. The van der Waals surface area contributed by atoms with Gasteiger partial charge in [0.1, 0.15) is 15.0 Å². The molecule has 0 atom stereocenters. The third-order valence-electron chi connectivity index (χ3n) is 4.54. The summed E-state index contributed by atoms with van der Waals surface area (Å²) in [7, 11) is 0. The maximum absolute atomic E-state index is 13.3. The smallest absolute Gasteiger partial charge is 0.172 e. The Morgan fingerprint density at radius 1 is 1.20 bits per heavy atom. The van der Waals surface area contributed by atoms with Crippen LogP contribution >= 0.6 is 44.1 Å². The zero-order chi connectivity index (χ0) is 17.9.